The molecule has 2 heterocycles. The summed E-state index contributed by atoms with van der Waals surface area (Å²) in [6, 6.07) is 14.5. The number of fused-ring (bicyclic) bond motifs is 2. The van der Waals surface area contributed by atoms with Gasteiger partial charge in [0, 0.05) is 24.0 Å². The van der Waals surface area contributed by atoms with Crippen molar-refractivity contribution in [3.63, 3.8) is 0 Å². The van der Waals surface area contributed by atoms with Crippen molar-refractivity contribution in [2.75, 3.05) is 5.32 Å². The summed E-state index contributed by atoms with van der Waals surface area (Å²) in [5, 5.41) is 4.58. The van der Waals surface area contributed by atoms with E-state index in [1.807, 2.05) is 18.3 Å². The second-order valence-corrected chi connectivity index (χ2v) is 6.16. The van der Waals surface area contributed by atoms with Gasteiger partial charge in [0.05, 0.1) is 10.2 Å². The third kappa shape index (κ3) is 2.16. The molecule has 0 saturated carbocycles. The Labute approximate surface area is 130 Å². The third-order valence-corrected chi connectivity index (χ3v) is 4.51. The van der Waals surface area contributed by atoms with Crippen LogP contribution in [0.4, 0.5) is 5.13 Å². The maximum atomic E-state index is 11.1. The van der Waals surface area contributed by atoms with E-state index in [0.717, 1.165) is 21.3 Å². The molecule has 4 nitrogen and oxygen atoms in total. The number of amides is 1. The highest BCUT2D eigenvalue weighted by Gasteiger charge is 2.09. The van der Waals surface area contributed by atoms with E-state index in [2.05, 4.69) is 45.6 Å². The number of nitrogens with zero attached hydrogens (tertiary/aromatic N) is 1. The summed E-state index contributed by atoms with van der Waals surface area (Å²) >= 11 is 1.49. The molecule has 2 aromatic carbocycles. The van der Waals surface area contributed by atoms with E-state index in [4.69, 9.17) is 0 Å². The van der Waals surface area contributed by atoms with Crippen molar-refractivity contribution in [2.24, 2.45) is 0 Å². The van der Waals surface area contributed by atoms with Crippen LogP contribution in [0.2, 0.25) is 0 Å². The van der Waals surface area contributed by atoms with Gasteiger partial charge in [-0.05, 0) is 35.4 Å². The van der Waals surface area contributed by atoms with E-state index in [0.29, 0.717) is 5.13 Å². The van der Waals surface area contributed by atoms with Crippen molar-refractivity contribution < 1.29 is 4.79 Å². The van der Waals surface area contributed by atoms with Crippen LogP contribution in [-0.4, -0.2) is 15.9 Å². The average Bonchev–Trinajstić information content (AvgIpc) is 3.10. The molecule has 0 aliphatic carbocycles. The van der Waals surface area contributed by atoms with Crippen LogP contribution in [-0.2, 0) is 4.79 Å². The molecule has 0 saturated heterocycles. The molecule has 0 aliphatic rings. The van der Waals surface area contributed by atoms with Crippen LogP contribution >= 0.6 is 11.3 Å². The summed E-state index contributed by atoms with van der Waals surface area (Å²) < 4.78 is 1.06. The molecule has 108 valence electrons. The summed E-state index contributed by atoms with van der Waals surface area (Å²) in [5.74, 6) is -0.101. The molecule has 2 N–H and O–H groups in total. The number of carbonyl (C=O) groups is 1. The minimum absolute atomic E-state index is 0.101. The molecule has 0 bridgehead atoms. The molecule has 0 fully saturated rings. The van der Waals surface area contributed by atoms with Gasteiger partial charge in [-0.25, -0.2) is 4.98 Å². The standard InChI is InChI=1S/C17H13N3OS/c1-10(21)19-17-20-15-6-5-11(9-16(15)22-17)12-3-2-4-14-13(12)7-8-18-14/h2-9,18H,1H3,(H,19,20,21). The van der Waals surface area contributed by atoms with E-state index in [1.54, 1.807) is 0 Å². The number of aromatic amines is 1. The highest BCUT2D eigenvalue weighted by molar-refractivity contribution is 7.22. The van der Waals surface area contributed by atoms with E-state index in [1.165, 1.54) is 29.2 Å². The Morgan fingerprint density at radius 3 is 3.00 bits per heavy atom. The second kappa shape index (κ2) is 4.96. The number of H-pyrrole nitrogens is 1. The molecule has 0 aliphatic heterocycles. The fourth-order valence-corrected chi connectivity index (χ4v) is 3.58. The van der Waals surface area contributed by atoms with E-state index in [9.17, 15) is 4.79 Å². The van der Waals surface area contributed by atoms with Gasteiger partial charge in [-0.3, -0.25) is 4.79 Å². The molecule has 1 amide bonds. The van der Waals surface area contributed by atoms with Gasteiger partial charge >= 0.3 is 0 Å². The molecule has 4 aromatic rings. The minimum Gasteiger partial charge on any atom is -0.361 e. The van der Waals surface area contributed by atoms with Gasteiger partial charge in [0.15, 0.2) is 5.13 Å². The van der Waals surface area contributed by atoms with Crippen molar-refractivity contribution >= 4 is 43.5 Å². The number of rotatable bonds is 2. The lowest BCUT2D eigenvalue weighted by molar-refractivity contribution is -0.114. The Balaban J connectivity index is 1.85. The van der Waals surface area contributed by atoms with Crippen LogP contribution in [0.15, 0.2) is 48.7 Å². The third-order valence-electron chi connectivity index (χ3n) is 3.58. The van der Waals surface area contributed by atoms with Crippen LogP contribution in [0.3, 0.4) is 0 Å². The van der Waals surface area contributed by atoms with Gasteiger partial charge < -0.3 is 10.3 Å². The summed E-state index contributed by atoms with van der Waals surface area (Å²) in [5.41, 5.74) is 4.37. The first kappa shape index (κ1) is 13.0. The van der Waals surface area contributed by atoms with Gasteiger partial charge in [-0.1, -0.05) is 29.5 Å². The van der Waals surface area contributed by atoms with Crippen LogP contribution in [0.25, 0.3) is 32.2 Å². The number of hydrogen-bond acceptors (Lipinski definition) is 3. The predicted octanol–water partition coefficient (Wildman–Crippen LogP) is 4.40. The highest BCUT2D eigenvalue weighted by atomic mass is 32.1. The summed E-state index contributed by atoms with van der Waals surface area (Å²) in [6.07, 6.45) is 1.95. The minimum atomic E-state index is -0.101. The second-order valence-electron chi connectivity index (χ2n) is 5.13. The fraction of sp³-hybridized carbons (Fsp3) is 0.0588. The SMILES string of the molecule is CC(=O)Nc1nc2ccc(-c3cccc4[nH]ccc34)cc2s1. The lowest BCUT2D eigenvalue weighted by atomic mass is 10.0. The Hall–Kier alpha value is -2.66. The number of thiazole rings is 1. The number of benzene rings is 2. The Morgan fingerprint density at radius 2 is 2.14 bits per heavy atom. The molecule has 0 atom stereocenters. The fourth-order valence-electron chi connectivity index (χ4n) is 2.63. The number of carbonyl (C=O) groups excluding carboxylic acids is 1. The van der Waals surface area contributed by atoms with Crippen LogP contribution in [0.1, 0.15) is 6.92 Å². The van der Waals surface area contributed by atoms with E-state index in [-0.39, 0.29) is 5.91 Å². The summed E-state index contributed by atoms with van der Waals surface area (Å²) in [4.78, 5) is 18.8. The van der Waals surface area contributed by atoms with Crippen molar-refractivity contribution in [3.8, 4) is 11.1 Å². The number of anilines is 1. The highest BCUT2D eigenvalue weighted by Crippen LogP contribution is 2.33. The molecule has 22 heavy (non-hydrogen) atoms. The zero-order chi connectivity index (χ0) is 15.1. The topological polar surface area (TPSA) is 57.8 Å². The zero-order valence-corrected chi connectivity index (χ0v) is 12.7. The van der Waals surface area contributed by atoms with Gasteiger partial charge in [0.25, 0.3) is 0 Å². The average molecular weight is 307 g/mol. The van der Waals surface area contributed by atoms with Crippen LogP contribution < -0.4 is 5.32 Å². The first-order valence-electron chi connectivity index (χ1n) is 6.95. The van der Waals surface area contributed by atoms with Crippen LogP contribution in [0.5, 0.6) is 0 Å². The normalized spacial score (nSPS) is 11.1. The number of aromatic nitrogens is 2. The number of nitrogens with one attached hydrogen (secondary N) is 2. The first-order valence-corrected chi connectivity index (χ1v) is 7.77. The first-order chi connectivity index (χ1) is 10.7. The smallest absolute Gasteiger partial charge is 0.223 e. The van der Waals surface area contributed by atoms with Gasteiger partial charge in [0.1, 0.15) is 0 Å². The zero-order valence-electron chi connectivity index (χ0n) is 11.9. The summed E-state index contributed by atoms with van der Waals surface area (Å²) in [7, 11) is 0. The molecule has 4 rings (SSSR count). The molecular weight excluding hydrogens is 294 g/mol. The lowest BCUT2D eigenvalue weighted by Gasteiger charge is -2.03. The maximum absolute atomic E-state index is 11.1. The van der Waals surface area contributed by atoms with Gasteiger partial charge in [-0.15, -0.1) is 0 Å². The molecule has 0 spiro atoms. The van der Waals surface area contributed by atoms with Crippen molar-refractivity contribution in [1.29, 1.82) is 0 Å². The monoisotopic (exact) mass is 307 g/mol. The molecule has 0 unspecified atom stereocenters. The van der Waals surface area contributed by atoms with Crippen molar-refractivity contribution in [1.82, 2.24) is 9.97 Å². The Bertz CT molecular complexity index is 999. The largest absolute Gasteiger partial charge is 0.361 e. The van der Waals surface area contributed by atoms with Crippen LogP contribution in [0, 0.1) is 0 Å². The van der Waals surface area contributed by atoms with E-state index < -0.39 is 0 Å². The maximum Gasteiger partial charge on any atom is 0.223 e. The van der Waals surface area contributed by atoms with Gasteiger partial charge in [0.2, 0.25) is 5.91 Å². The predicted molar refractivity (Wildman–Crippen MR) is 91.2 cm³/mol. The van der Waals surface area contributed by atoms with Gasteiger partial charge in [-0.2, -0.15) is 0 Å². The molecule has 5 heteroatoms. The summed E-state index contributed by atoms with van der Waals surface area (Å²) in [6.45, 7) is 1.49. The van der Waals surface area contributed by atoms with Crippen molar-refractivity contribution in [3.05, 3.63) is 48.7 Å². The number of hydrogen-bond donors (Lipinski definition) is 2. The Morgan fingerprint density at radius 1 is 1.23 bits per heavy atom. The molecular formula is C17H13N3OS. The van der Waals surface area contributed by atoms with Crippen molar-refractivity contribution in [2.45, 2.75) is 6.92 Å². The molecule has 2 aromatic heterocycles. The van der Waals surface area contributed by atoms with E-state index >= 15 is 0 Å². The quantitative estimate of drug-likeness (QED) is 0.576. The molecule has 0 radical (unpaired) electrons. The lowest BCUT2D eigenvalue weighted by Crippen LogP contribution is -2.04. The Kier molecular flexibility index (Phi) is 2.94.